The van der Waals surface area contributed by atoms with E-state index in [-0.39, 0.29) is 12.6 Å². The lowest BCUT2D eigenvalue weighted by Gasteiger charge is -2.23. The Morgan fingerprint density at radius 1 is 0.938 bits per heavy atom. The molecule has 16 heavy (non-hydrogen) atoms. The third-order valence-corrected chi connectivity index (χ3v) is 2.13. The first-order valence-corrected chi connectivity index (χ1v) is 6.52. The average Bonchev–Trinajstić information content (AvgIpc) is 2.32. The topological polar surface area (TPSA) is 27.7 Å². The monoisotopic (exact) mass is 231 g/mol. The Morgan fingerprint density at radius 2 is 1.62 bits per heavy atom. The van der Waals surface area contributed by atoms with Crippen LogP contribution in [0.5, 0.6) is 0 Å². The zero-order valence-corrected chi connectivity index (χ0v) is 11.2. The molecule has 0 aliphatic carbocycles. The second-order valence-electron chi connectivity index (χ2n) is 3.77. The van der Waals surface area contributed by atoms with Gasteiger partial charge in [0, 0.05) is 6.61 Å². The highest BCUT2D eigenvalue weighted by Crippen LogP contribution is 2.11. The zero-order chi connectivity index (χ0) is 12.2. The summed E-state index contributed by atoms with van der Waals surface area (Å²) >= 11 is 0. The van der Waals surface area contributed by atoms with Gasteiger partial charge in [0.05, 0.1) is 6.61 Å². The minimum absolute atomic E-state index is 0.139. The van der Waals surface area contributed by atoms with Crippen LogP contribution in [0.4, 0.5) is 0 Å². The van der Waals surface area contributed by atoms with Crippen LogP contribution in [0.2, 0.25) is 0 Å². The summed E-state index contributed by atoms with van der Waals surface area (Å²) in [6.07, 6.45) is 4.46. The summed E-state index contributed by atoms with van der Waals surface area (Å²) in [5, 5.41) is 0. The summed E-state index contributed by atoms with van der Waals surface area (Å²) in [4.78, 5) is 0. The molecule has 0 rings (SSSR count). The molecule has 0 aromatic carbocycles. The van der Waals surface area contributed by atoms with Crippen molar-refractivity contribution < 1.29 is 14.2 Å². The molecular weight excluding hydrogens is 204 g/mol. The van der Waals surface area contributed by atoms with E-state index in [0.717, 1.165) is 38.7 Å². The van der Waals surface area contributed by atoms with Gasteiger partial charge in [0.25, 0.3) is 0 Å². The second-order valence-corrected chi connectivity index (χ2v) is 3.77. The molecule has 0 heterocycles. The Morgan fingerprint density at radius 3 is 2.12 bits per heavy atom. The highest BCUT2D eigenvalue weighted by molar-refractivity contribution is 4.53. The summed E-state index contributed by atoms with van der Waals surface area (Å²) in [6.45, 7) is 10.9. The Hall–Kier alpha value is -0.120. The summed E-state index contributed by atoms with van der Waals surface area (Å²) in [6, 6.07) is 0. The molecule has 3 heteroatoms. The van der Waals surface area contributed by atoms with E-state index in [2.05, 4.69) is 27.7 Å². The molecule has 0 fully saturated rings. The maximum absolute atomic E-state index is 5.72. The summed E-state index contributed by atoms with van der Waals surface area (Å²) in [5.41, 5.74) is 0. The van der Waals surface area contributed by atoms with E-state index in [0.29, 0.717) is 0 Å². The van der Waals surface area contributed by atoms with Crippen molar-refractivity contribution in [2.24, 2.45) is 0 Å². The quantitative estimate of drug-likeness (QED) is 0.399. The minimum Gasteiger partial charge on any atom is -0.353 e. The Bertz CT molecular complexity index is 139. The van der Waals surface area contributed by atoms with Gasteiger partial charge >= 0.3 is 0 Å². The standard InChI is InChI=1S/C13H27O3/c1-5-9-11-15-13(8-4)16-12(7-3)14-10-6-2/h11-13H,5-10H2,1-4H3. The van der Waals surface area contributed by atoms with Crippen molar-refractivity contribution in [3.8, 4) is 0 Å². The number of hydrogen-bond donors (Lipinski definition) is 0. The van der Waals surface area contributed by atoms with E-state index in [1.165, 1.54) is 0 Å². The zero-order valence-electron chi connectivity index (χ0n) is 11.2. The van der Waals surface area contributed by atoms with E-state index in [4.69, 9.17) is 14.2 Å². The van der Waals surface area contributed by atoms with Gasteiger partial charge in [0.1, 0.15) is 0 Å². The molecule has 0 saturated heterocycles. The van der Waals surface area contributed by atoms with Crippen molar-refractivity contribution in [2.45, 2.75) is 72.4 Å². The summed E-state index contributed by atoms with van der Waals surface area (Å²) in [5.74, 6) is 0. The van der Waals surface area contributed by atoms with Crippen molar-refractivity contribution in [2.75, 3.05) is 6.61 Å². The van der Waals surface area contributed by atoms with Gasteiger partial charge in [-0.15, -0.1) is 0 Å². The van der Waals surface area contributed by atoms with Gasteiger partial charge < -0.3 is 14.2 Å². The predicted molar refractivity (Wildman–Crippen MR) is 65.8 cm³/mol. The molecule has 0 N–H and O–H groups in total. The smallest absolute Gasteiger partial charge is 0.160 e. The maximum atomic E-state index is 5.72. The van der Waals surface area contributed by atoms with Gasteiger partial charge in [-0.05, 0) is 25.7 Å². The van der Waals surface area contributed by atoms with Gasteiger partial charge in [-0.25, -0.2) is 0 Å². The summed E-state index contributed by atoms with van der Waals surface area (Å²) < 4.78 is 16.8. The SMILES string of the molecule is CCC[CH]OC(CC)OC(CC)OCCC. The van der Waals surface area contributed by atoms with Gasteiger partial charge in [0.2, 0.25) is 0 Å². The maximum Gasteiger partial charge on any atom is 0.160 e. The van der Waals surface area contributed by atoms with Crippen LogP contribution >= 0.6 is 0 Å². The first-order chi connectivity index (χ1) is 7.78. The molecule has 3 nitrogen and oxygen atoms in total. The van der Waals surface area contributed by atoms with E-state index in [9.17, 15) is 0 Å². The van der Waals surface area contributed by atoms with Crippen LogP contribution in [0.1, 0.15) is 59.8 Å². The average molecular weight is 231 g/mol. The van der Waals surface area contributed by atoms with Crippen LogP contribution in [0, 0.1) is 6.61 Å². The van der Waals surface area contributed by atoms with Crippen LogP contribution in [0.3, 0.4) is 0 Å². The molecule has 0 aliphatic heterocycles. The van der Waals surface area contributed by atoms with E-state index in [1.807, 2.05) is 6.61 Å². The third kappa shape index (κ3) is 8.08. The molecule has 0 aromatic rings. The lowest BCUT2D eigenvalue weighted by atomic mass is 10.3. The Kier molecular flexibility index (Phi) is 11.3. The fourth-order valence-corrected chi connectivity index (χ4v) is 1.19. The van der Waals surface area contributed by atoms with Crippen molar-refractivity contribution >= 4 is 0 Å². The first kappa shape index (κ1) is 15.9. The van der Waals surface area contributed by atoms with Gasteiger partial charge in [-0.1, -0.05) is 34.1 Å². The molecule has 0 aromatic heterocycles. The third-order valence-electron chi connectivity index (χ3n) is 2.13. The van der Waals surface area contributed by atoms with E-state index < -0.39 is 0 Å². The second kappa shape index (κ2) is 11.4. The normalized spacial score (nSPS) is 15.0. The highest BCUT2D eigenvalue weighted by atomic mass is 16.8. The van der Waals surface area contributed by atoms with Gasteiger partial charge in [0.15, 0.2) is 12.6 Å². The molecular formula is C13H27O3. The summed E-state index contributed by atoms with van der Waals surface area (Å²) in [7, 11) is 0. The van der Waals surface area contributed by atoms with Gasteiger partial charge in [-0.2, -0.15) is 0 Å². The number of unbranched alkanes of at least 4 members (excludes halogenated alkanes) is 1. The van der Waals surface area contributed by atoms with Crippen LogP contribution in [0.15, 0.2) is 0 Å². The van der Waals surface area contributed by atoms with Gasteiger partial charge in [-0.3, -0.25) is 0 Å². The first-order valence-electron chi connectivity index (χ1n) is 6.52. The molecule has 1 radical (unpaired) electrons. The lowest BCUT2D eigenvalue weighted by molar-refractivity contribution is -0.237. The van der Waals surface area contributed by atoms with Crippen LogP contribution in [-0.2, 0) is 14.2 Å². The van der Waals surface area contributed by atoms with E-state index in [1.54, 1.807) is 0 Å². The Labute approximate surface area is 100 Å². The van der Waals surface area contributed by atoms with Crippen LogP contribution in [0.25, 0.3) is 0 Å². The van der Waals surface area contributed by atoms with Crippen molar-refractivity contribution in [1.82, 2.24) is 0 Å². The predicted octanol–water partition coefficient (Wildman–Crippen LogP) is 3.88. The van der Waals surface area contributed by atoms with Crippen molar-refractivity contribution in [3.05, 3.63) is 6.61 Å². The largest absolute Gasteiger partial charge is 0.353 e. The molecule has 0 saturated carbocycles. The fraction of sp³-hybridized carbons (Fsp3) is 0.923. The lowest BCUT2D eigenvalue weighted by Crippen LogP contribution is -2.25. The minimum atomic E-state index is -0.173. The molecule has 2 atom stereocenters. The molecule has 97 valence electrons. The van der Waals surface area contributed by atoms with E-state index >= 15 is 0 Å². The fourth-order valence-electron chi connectivity index (χ4n) is 1.19. The number of rotatable bonds is 11. The molecule has 0 aliphatic rings. The highest BCUT2D eigenvalue weighted by Gasteiger charge is 2.14. The van der Waals surface area contributed by atoms with Crippen LogP contribution < -0.4 is 0 Å². The Balaban J connectivity index is 3.77. The molecule has 0 amide bonds. The number of ether oxygens (including phenoxy) is 3. The molecule has 2 unspecified atom stereocenters. The van der Waals surface area contributed by atoms with Crippen molar-refractivity contribution in [3.63, 3.8) is 0 Å². The molecule has 0 spiro atoms. The van der Waals surface area contributed by atoms with Crippen LogP contribution in [-0.4, -0.2) is 19.2 Å². The molecule has 0 bridgehead atoms. The number of hydrogen-bond acceptors (Lipinski definition) is 3. The van der Waals surface area contributed by atoms with Crippen molar-refractivity contribution in [1.29, 1.82) is 0 Å².